The lowest BCUT2D eigenvalue weighted by molar-refractivity contribution is -0.141. The van der Waals surface area contributed by atoms with Crippen molar-refractivity contribution in [2.45, 2.75) is 12.8 Å². The number of ether oxygens (including phenoxy) is 1. The molecule has 1 aliphatic rings. The van der Waals surface area contributed by atoms with Crippen LogP contribution in [0.1, 0.15) is 11.1 Å². The predicted molar refractivity (Wildman–Crippen MR) is 103 cm³/mol. The minimum Gasteiger partial charge on any atom is -0.496 e. The molecule has 6 nitrogen and oxygen atoms in total. The van der Waals surface area contributed by atoms with Gasteiger partial charge in [-0.3, -0.25) is 9.59 Å². The van der Waals surface area contributed by atoms with Crippen molar-refractivity contribution in [1.82, 2.24) is 5.32 Å². The third kappa shape index (κ3) is 4.58. The van der Waals surface area contributed by atoms with E-state index in [1.165, 1.54) is 5.56 Å². The van der Waals surface area contributed by atoms with Crippen molar-refractivity contribution in [2.75, 3.05) is 31.6 Å². The number of nitrogens with one attached hydrogen (secondary N) is 1. The Morgan fingerprint density at radius 3 is 2.70 bits per heavy atom. The SMILES string of the molecule is COc1ccccc1CC(CNC(=O)CN1CCc2ccccc21)C(=O)O. The Morgan fingerprint density at radius 1 is 1.19 bits per heavy atom. The monoisotopic (exact) mass is 368 g/mol. The van der Waals surface area contributed by atoms with Crippen molar-refractivity contribution in [2.24, 2.45) is 5.92 Å². The first-order valence-electron chi connectivity index (χ1n) is 9.02. The molecular weight excluding hydrogens is 344 g/mol. The number of amides is 1. The van der Waals surface area contributed by atoms with Crippen LogP contribution in [-0.4, -0.2) is 43.7 Å². The van der Waals surface area contributed by atoms with Gasteiger partial charge in [-0.1, -0.05) is 36.4 Å². The summed E-state index contributed by atoms with van der Waals surface area (Å²) in [5.41, 5.74) is 3.14. The van der Waals surface area contributed by atoms with Gasteiger partial charge in [0.15, 0.2) is 0 Å². The number of hydrogen-bond acceptors (Lipinski definition) is 4. The summed E-state index contributed by atoms with van der Waals surface area (Å²) < 4.78 is 5.29. The van der Waals surface area contributed by atoms with Crippen LogP contribution >= 0.6 is 0 Å². The van der Waals surface area contributed by atoms with E-state index >= 15 is 0 Å². The molecule has 1 amide bonds. The van der Waals surface area contributed by atoms with E-state index in [9.17, 15) is 14.7 Å². The van der Waals surface area contributed by atoms with Crippen LogP contribution in [0.4, 0.5) is 5.69 Å². The fraction of sp³-hybridized carbons (Fsp3) is 0.333. The van der Waals surface area contributed by atoms with Gasteiger partial charge in [0.2, 0.25) is 5.91 Å². The summed E-state index contributed by atoms with van der Waals surface area (Å²) in [6, 6.07) is 15.4. The first-order chi connectivity index (χ1) is 13.1. The van der Waals surface area contributed by atoms with Gasteiger partial charge in [0.1, 0.15) is 5.75 Å². The van der Waals surface area contributed by atoms with Crippen molar-refractivity contribution < 1.29 is 19.4 Å². The standard InChI is InChI=1S/C21H24N2O4/c1-27-19-9-5-3-7-16(19)12-17(21(25)26)13-22-20(24)14-23-11-10-15-6-2-4-8-18(15)23/h2-9,17H,10-14H2,1H3,(H,22,24)(H,25,26). The Kier molecular flexibility index (Phi) is 5.96. The van der Waals surface area contributed by atoms with E-state index < -0.39 is 11.9 Å². The van der Waals surface area contributed by atoms with Crippen LogP contribution in [0, 0.1) is 5.92 Å². The maximum atomic E-state index is 12.3. The van der Waals surface area contributed by atoms with Crippen LogP contribution in [0.15, 0.2) is 48.5 Å². The van der Waals surface area contributed by atoms with E-state index in [-0.39, 0.29) is 19.0 Å². The number of para-hydroxylation sites is 2. The fourth-order valence-corrected chi connectivity index (χ4v) is 3.42. The molecule has 0 saturated heterocycles. The van der Waals surface area contributed by atoms with E-state index in [0.29, 0.717) is 12.2 Å². The van der Waals surface area contributed by atoms with Crippen LogP contribution in [0.2, 0.25) is 0 Å². The zero-order valence-corrected chi connectivity index (χ0v) is 15.4. The lowest BCUT2D eigenvalue weighted by Crippen LogP contribution is -2.40. The number of carbonyl (C=O) groups excluding carboxylic acids is 1. The number of nitrogens with zero attached hydrogens (tertiary/aromatic N) is 1. The number of carboxylic acids is 1. The van der Waals surface area contributed by atoms with Gasteiger partial charge in [-0.25, -0.2) is 0 Å². The van der Waals surface area contributed by atoms with Gasteiger partial charge in [0.25, 0.3) is 0 Å². The summed E-state index contributed by atoms with van der Waals surface area (Å²) in [6.07, 6.45) is 1.22. The molecule has 3 rings (SSSR count). The molecule has 6 heteroatoms. The second-order valence-electron chi connectivity index (χ2n) is 6.66. The number of methoxy groups -OCH3 is 1. The van der Waals surface area contributed by atoms with Crippen molar-refractivity contribution in [3.8, 4) is 5.75 Å². The average Bonchev–Trinajstić information content (AvgIpc) is 3.08. The van der Waals surface area contributed by atoms with E-state index in [1.54, 1.807) is 13.2 Å². The predicted octanol–water partition coefficient (Wildman–Crippen LogP) is 2.12. The van der Waals surface area contributed by atoms with Gasteiger partial charge in [0, 0.05) is 18.8 Å². The molecule has 0 aromatic heterocycles. The van der Waals surface area contributed by atoms with Gasteiger partial charge in [-0.05, 0) is 36.1 Å². The maximum Gasteiger partial charge on any atom is 0.308 e. The van der Waals surface area contributed by atoms with Gasteiger partial charge in [-0.2, -0.15) is 0 Å². The number of rotatable bonds is 8. The first kappa shape index (κ1) is 18.8. The highest BCUT2D eigenvalue weighted by Crippen LogP contribution is 2.26. The molecule has 2 aromatic rings. The zero-order chi connectivity index (χ0) is 19.2. The lowest BCUT2D eigenvalue weighted by Gasteiger charge is -2.20. The lowest BCUT2D eigenvalue weighted by atomic mass is 9.98. The van der Waals surface area contributed by atoms with Crippen molar-refractivity contribution in [3.05, 3.63) is 59.7 Å². The smallest absolute Gasteiger partial charge is 0.308 e. The van der Waals surface area contributed by atoms with Gasteiger partial charge < -0.3 is 20.1 Å². The van der Waals surface area contributed by atoms with Crippen LogP contribution in [0.25, 0.3) is 0 Å². The number of fused-ring (bicyclic) bond motifs is 1. The molecule has 0 saturated carbocycles. The molecule has 1 atom stereocenters. The van der Waals surface area contributed by atoms with Gasteiger partial charge >= 0.3 is 5.97 Å². The largest absolute Gasteiger partial charge is 0.496 e. The van der Waals surface area contributed by atoms with E-state index in [0.717, 1.165) is 24.2 Å². The molecule has 1 aliphatic heterocycles. The van der Waals surface area contributed by atoms with Crippen LogP contribution in [0.3, 0.4) is 0 Å². The highest BCUT2D eigenvalue weighted by molar-refractivity contribution is 5.83. The quantitative estimate of drug-likeness (QED) is 0.746. The molecular formula is C21H24N2O4. The molecule has 2 N–H and O–H groups in total. The van der Waals surface area contributed by atoms with Gasteiger partial charge in [-0.15, -0.1) is 0 Å². The van der Waals surface area contributed by atoms with Crippen LogP contribution < -0.4 is 15.0 Å². The number of benzene rings is 2. The second-order valence-corrected chi connectivity index (χ2v) is 6.66. The molecule has 142 valence electrons. The Morgan fingerprint density at radius 2 is 1.93 bits per heavy atom. The number of carboxylic acid groups (broad SMARTS) is 1. The Hall–Kier alpha value is -3.02. The Bertz CT molecular complexity index is 821. The number of anilines is 1. The molecule has 0 fully saturated rings. The maximum absolute atomic E-state index is 12.3. The highest BCUT2D eigenvalue weighted by Gasteiger charge is 2.23. The van der Waals surface area contributed by atoms with Crippen molar-refractivity contribution in [3.63, 3.8) is 0 Å². The van der Waals surface area contributed by atoms with Crippen molar-refractivity contribution >= 4 is 17.6 Å². The Labute approximate surface area is 158 Å². The normalized spacial score (nSPS) is 13.7. The van der Waals surface area contributed by atoms with Gasteiger partial charge in [0.05, 0.1) is 19.6 Å². The summed E-state index contributed by atoms with van der Waals surface area (Å²) in [6.45, 7) is 1.12. The summed E-state index contributed by atoms with van der Waals surface area (Å²) in [4.78, 5) is 26.0. The third-order valence-electron chi connectivity index (χ3n) is 4.87. The van der Waals surface area contributed by atoms with E-state index in [4.69, 9.17) is 4.74 Å². The van der Waals surface area contributed by atoms with Crippen LogP contribution in [0.5, 0.6) is 5.75 Å². The minimum atomic E-state index is -0.937. The number of carbonyl (C=O) groups is 2. The zero-order valence-electron chi connectivity index (χ0n) is 15.4. The van der Waals surface area contributed by atoms with Crippen LogP contribution in [-0.2, 0) is 22.4 Å². The van der Waals surface area contributed by atoms with Crippen molar-refractivity contribution in [1.29, 1.82) is 0 Å². The summed E-state index contributed by atoms with van der Waals surface area (Å²) in [5.74, 6) is -1.16. The van der Waals surface area contributed by atoms with E-state index in [1.807, 2.05) is 41.3 Å². The molecule has 0 radical (unpaired) electrons. The molecule has 0 bridgehead atoms. The Balaban J connectivity index is 1.57. The first-order valence-corrected chi connectivity index (χ1v) is 9.02. The molecule has 0 aliphatic carbocycles. The number of aliphatic carboxylic acids is 1. The summed E-state index contributed by atoms with van der Waals surface area (Å²) in [7, 11) is 1.56. The summed E-state index contributed by atoms with van der Waals surface area (Å²) in [5, 5.41) is 12.3. The van der Waals surface area contributed by atoms with E-state index in [2.05, 4.69) is 11.4 Å². The third-order valence-corrected chi connectivity index (χ3v) is 4.87. The molecule has 0 spiro atoms. The molecule has 1 heterocycles. The number of hydrogen-bond donors (Lipinski definition) is 2. The fourth-order valence-electron chi connectivity index (χ4n) is 3.42. The second kappa shape index (κ2) is 8.58. The molecule has 2 aromatic carbocycles. The molecule has 1 unspecified atom stereocenters. The topological polar surface area (TPSA) is 78.9 Å². The average molecular weight is 368 g/mol. The minimum absolute atomic E-state index is 0.0850. The molecule has 27 heavy (non-hydrogen) atoms. The highest BCUT2D eigenvalue weighted by atomic mass is 16.5. The summed E-state index contributed by atoms with van der Waals surface area (Å²) >= 11 is 0.